The molecule has 0 fully saturated rings. The number of anilines is 1. The van der Waals surface area contributed by atoms with Gasteiger partial charge in [-0.3, -0.25) is 9.59 Å². The SMILES string of the molecule is CC(=O)Nc1ccc(C(=O)COc2ccccc2F)c(F)c1. The van der Waals surface area contributed by atoms with Crippen LogP contribution >= 0.6 is 0 Å². The van der Waals surface area contributed by atoms with Crippen LogP contribution in [-0.4, -0.2) is 18.3 Å². The molecule has 0 spiro atoms. The Morgan fingerprint density at radius 1 is 1.09 bits per heavy atom. The van der Waals surface area contributed by atoms with Gasteiger partial charge in [-0.15, -0.1) is 0 Å². The Morgan fingerprint density at radius 3 is 2.45 bits per heavy atom. The van der Waals surface area contributed by atoms with Crippen LogP contribution in [0.15, 0.2) is 42.5 Å². The largest absolute Gasteiger partial charge is 0.482 e. The number of nitrogens with one attached hydrogen (secondary N) is 1. The number of amides is 1. The van der Waals surface area contributed by atoms with Crippen LogP contribution in [0.5, 0.6) is 5.75 Å². The van der Waals surface area contributed by atoms with Crippen molar-refractivity contribution >= 4 is 17.4 Å². The number of Topliss-reactive ketones (excluding diaryl/α,β-unsaturated/α-hetero) is 1. The molecule has 0 saturated heterocycles. The molecule has 0 bridgehead atoms. The third-order valence-corrected chi connectivity index (χ3v) is 2.79. The molecule has 0 aliphatic heterocycles. The van der Waals surface area contributed by atoms with Crippen LogP contribution in [0.2, 0.25) is 0 Å². The molecule has 22 heavy (non-hydrogen) atoms. The predicted octanol–water partition coefficient (Wildman–Crippen LogP) is 3.18. The molecule has 2 aromatic carbocycles. The summed E-state index contributed by atoms with van der Waals surface area (Å²) in [4.78, 5) is 22.8. The smallest absolute Gasteiger partial charge is 0.221 e. The molecule has 4 nitrogen and oxygen atoms in total. The van der Waals surface area contributed by atoms with E-state index in [1.165, 1.54) is 37.3 Å². The summed E-state index contributed by atoms with van der Waals surface area (Å²) in [6, 6.07) is 9.31. The fraction of sp³-hybridized carbons (Fsp3) is 0.125. The minimum Gasteiger partial charge on any atom is -0.482 e. The zero-order chi connectivity index (χ0) is 16.1. The zero-order valence-corrected chi connectivity index (χ0v) is 11.7. The van der Waals surface area contributed by atoms with Crippen LogP contribution in [0.4, 0.5) is 14.5 Å². The van der Waals surface area contributed by atoms with Crippen molar-refractivity contribution in [3.63, 3.8) is 0 Å². The fourth-order valence-electron chi connectivity index (χ4n) is 1.81. The molecule has 2 aromatic rings. The van der Waals surface area contributed by atoms with E-state index in [1.54, 1.807) is 6.07 Å². The molecule has 1 N–H and O–H groups in total. The van der Waals surface area contributed by atoms with E-state index in [0.717, 1.165) is 6.07 Å². The highest BCUT2D eigenvalue weighted by Gasteiger charge is 2.14. The van der Waals surface area contributed by atoms with Gasteiger partial charge in [-0.2, -0.15) is 0 Å². The summed E-state index contributed by atoms with van der Waals surface area (Å²) < 4.78 is 32.2. The molecule has 0 saturated carbocycles. The Kier molecular flexibility index (Phi) is 4.83. The van der Waals surface area contributed by atoms with Crippen molar-refractivity contribution in [2.45, 2.75) is 6.92 Å². The lowest BCUT2D eigenvalue weighted by Gasteiger charge is -2.08. The second-order valence-electron chi connectivity index (χ2n) is 4.52. The highest BCUT2D eigenvalue weighted by molar-refractivity contribution is 5.98. The van der Waals surface area contributed by atoms with Gasteiger partial charge in [0.1, 0.15) is 5.82 Å². The molecular weight excluding hydrogens is 292 g/mol. The Balaban J connectivity index is 2.06. The number of benzene rings is 2. The molecule has 0 radical (unpaired) electrons. The van der Waals surface area contributed by atoms with Crippen LogP contribution in [-0.2, 0) is 4.79 Å². The average Bonchev–Trinajstić information content (AvgIpc) is 2.45. The van der Waals surface area contributed by atoms with Crippen molar-refractivity contribution in [1.29, 1.82) is 0 Å². The van der Waals surface area contributed by atoms with Gasteiger partial charge in [-0.1, -0.05) is 12.1 Å². The lowest BCUT2D eigenvalue weighted by atomic mass is 10.1. The molecule has 114 valence electrons. The molecular formula is C16H13F2NO3. The topological polar surface area (TPSA) is 55.4 Å². The maximum absolute atomic E-state index is 13.9. The van der Waals surface area contributed by atoms with Crippen LogP contribution in [0, 0.1) is 11.6 Å². The summed E-state index contributed by atoms with van der Waals surface area (Å²) in [5.74, 6) is -2.44. The molecule has 2 rings (SSSR count). The first-order valence-electron chi connectivity index (χ1n) is 6.45. The molecule has 0 aromatic heterocycles. The minimum atomic E-state index is -0.784. The summed E-state index contributed by atoms with van der Waals surface area (Å²) in [5, 5.41) is 2.41. The monoisotopic (exact) mass is 305 g/mol. The lowest BCUT2D eigenvalue weighted by Crippen LogP contribution is -2.14. The number of carbonyl (C=O) groups excluding carboxylic acids is 2. The number of hydrogen-bond donors (Lipinski definition) is 1. The highest BCUT2D eigenvalue weighted by atomic mass is 19.1. The summed E-state index contributed by atoms with van der Waals surface area (Å²) in [6.45, 7) is 0.802. The van der Waals surface area contributed by atoms with Crippen LogP contribution < -0.4 is 10.1 Å². The van der Waals surface area contributed by atoms with E-state index in [9.17, 15) is 18.4 Å². The number of hydrogen-bond acceptors (Lipinski definition) is 3. The second kappa shape index (κ2) is 6.80. The summed E-state index contributed by atoms with van der Waals surface area (Å²) in [5.41, 5.74) is 0.0574. The maximum atomic E-state index is 13.9. The van der Waals surface area contributed by atoms with E-state index in [4.69, 9.17) is 4.74 Å². The molecule has 6 heteroatoms. The standard InChI is InChI=1S/C16H13F2NO3/c1-10(20)19-11-6-7-12(14(18)8-11)15(21)9-22-16-5-3-2-4-13(16)17/h2-8H,9H2,1H3,(H,19,20). The predicted molar refractivity (Wildman–Crippen MR) is 76.9 cm³/mol. The van der Waals surface area contributed by atoms with E-state index in [1.807, 2.05) is 0 Å². The van der Waals surface area contributed by atoms with Gasteiger partial charge in [0, 0.05) is 12.6 Å². The first-order valence-corrected chi connectivity index (χ1v) is 6.45. The van der Waals surface area contributed by atoms with Crippen molar-refractivity contribution in [1.82, 2.24) is 0 Å². The van der Waals surface area contributed by atoms with Crippen LogP contribution in [0.3, 0.4) is 0 Å². The van der Waals surface area contributed by atoms with Crippen LogP contribution in [0.1, 0.15) is 17.3 Å². The lowest BCUT2D eigenvalue weighted by molar-refractivity contribution is -0.114. The van der Waals surface area contributed by atoms with Crippen molar-refractivity contribution in [2.24, 2.45) is 0 Å². The van der Waals surface area contributed by atoms with E-state index in [2.05, 4.69) is 5.32 Å². The summed E-state index contributed by atoms with van der Waals surface area (Å²) >= 11 is 0. The van der Waals surface area contributed by atoms with Crippen molar-refractivity contribution < 1.29 is 23.1 Å². The molecule has 1 amide bonds. The van der Waals surface area contributed by atoms with Crippen molar-refractivity contribution in [3.8, 4) is 5.75 Å². The van der Waals surface area contributed by atoms with E-state index >= 15 is 0 Å². The van der Waals surface area contributed by atoms with Gasteiger partial charge in [0.15, 0.2) is 18.2 Å². The number of carbonyl (C=O) groups is 2. The number of halogens is 2. The Hall–Kier alpha value is -2.76. The Morgan fingerprint density at radius 2 is 1.82 bits per heavy atom. The Labute approximate surface area is 125 Å². The number of ketones is 1. The maximum Gasteiger partial charge on any atom is 0.221 e. The van der Waals surface area contributed by atoms with E-state index < -0.39 is 24.0 Å². The molecule has 0 aliphatic carbocycles. The van der Waals surface area contributed by atoms with Crippen molar-refractivity contribution in [2.75, 3.05) is 11.9 Å². The third kappa shape index (κ3) is 3.88. The van der Waals surface area contributed by atoms with E-state index in [-0.39, 0.29) is 22.9 Å². The van der Waals surface area contributed by atoms with Gasteiger partial charge < -0.3 is 10.1 Å². The number of para-hydroxylation sites is 1. The average molecular weight is 305 g/mol. The molecule has 0 atom stereocenters. The minimum absolute atomic E-state index is 0.0777. The van der Waals surface area contributed by atoms with E-state index in [0.29, 0.717) is 0 Å². The summed E-state index contributed by atoms with van der Waals surface area (Å²) in [6.07, 6.45) is 0. The second-order valence-corrected chi connectivity index (χ2v) is 4.52. The Bertz CT molecular complexity index is 716. The molecule has 0 aliphatic rings. The third-order valence-electron chi connectivity index (χ3n) is 2.79. The van der Waals surface area contributed by atoms with Gasteiger partial charge in [-0.25, -0.2) is 8.78 Å². The quantitative estimate of drug-likeness (QED) is 0.863. The zero-order valence-electron chi connectivity index (χ0n) is 11.7. The fourth-order valence-corrected chi connectivity index (χ4v) is 1.81. The molecule has 0 unspecified atom stereocenters. The number of rotatable bonds is 5. The normalized spacial score (nSPS) is 10.1. The van der Waals surface area contributed by atoms with Crippen LogP contribution in [0.25, 0.3) is 0 Å². The molecule has 0 heterocycles. The van der Waals surface area contributed by atoms with Gasteiger partial charge in [0.05, 0.1) is 5.56 Å². The first-order chi connectivity index (χ1) is 10.5. The van der Waals surface area contributed by atoms with Gasteiger partial charge >= 0.3 is 0 Å². The van der Waals surface area contributed by atoms with Gasteiger partial charge in [0.2, 0.25) is 11.7 Å². The highest BCUT2D eigenvalue weighted by Crippen LogP contribution is 2.18. The first kappa shape index (κ1) is 15.6. The van der Waals surface area contributed by atoms with Crippen molar-refractivity contribution in [3.05, 3.63) is 59.7 Å². The summed E-state index contributed by atoms with van der Waals surface area (Å²) in [7, 11) is 0. The van der Waals surface area contributed by atoms with Gasteiger partial charge in [-0.05, 0) is 30.3 Å². The van der Waals surface area contributed by atoms with Gasteiger partial charge in [0.25, 0.3) is 0 Å². The number of ether oxygens (including phenoxy) is 1.